The van der Waals surface area contributed by atoms with Crippen molar-refractivity contribution in [1.82, 2.24) is 19.1 Å². The van der Waals surface area contributed by atoms with Gasteiger partial charge < -0.3 is 9.80 Å². The normalized spacial score (nSPS) is 22.4. The quantitative estimate of drug-likeness (QED) is 0.379. The second kappa shape index (κ2) is 13.0. The van der Waals surface area contributed by atoms with Crippen molar-refractivity contribution in [3.05, 3.63) is 59.9 Å². The van der Waals surface area contributed by atoms with Gasteiger partial charge in [0.25, 0.3) is 0 Å². The van der Waals surface area contributed by atoms with Gasteiger partial charge in [0.05, 0.1) is 10.5 Å². The lowest BCUT2D eigenvalue weighted by atomic mass is 9.70. The molecule has 0 saturated carbocycles. The molecule has 5 rings (SSSR count). The van der Waals surface area contributed by atoms with Crippen molar-refractivity contribution in [3.8, 4) is 0 Å². The number of sulfonamides is 1. The van der Waals surface area contributed by atoms with E-state index in [-0.39, 0.29) is 29.2 Å². The zero-order chi connectivity index (χ0) is 29.8. The van der Waals surface area contributed by atoms with Gasteiger partial charge in [-0.1, -0.05) is 18.6 Å². The van der Waals surface area contributed by atoms with E-state index in [1.165, 1.54) is 41.9 Å². The molecule has 0 bridgehead atoms. The lowest BCUT2D eigenvalue weighted by molar-refractivity contribution is -0.137. The summed E-state index contributed by atoms with van der Waals surface area (Å²) in [4.78, 5) is 21.9. The number of carbonyl (C=O) groups is 1. The van der Waals surface area contributed by atoms with Crippen LogP contribution in [0.25, 0.3) is 0 Å². The number of alkyl halides is 3. The molecule has 1 aromatic carbocycles. The SMILES string of the molecule is O=C(CC1CCCCN1S(=O)(=O)c1cccc(C(F)(F)F)c1)N1CCC(CCCN2CCCC2)(c2cccnc2)CC1. The molecule has 0 spiro atoms. The zero-order valence-electron chi connectivity index (χ0n) is 24.1. The third kappa shape index (κ3) is 7.00. The van der Waals surface area contributed by atoms with Gasteiger partial charge in [0, 0.05) is 49.9 Å². The van der Waals surface area contributed by atoms with Crippen LogP contribution in [0.15, 0.2) is 53.7 Å². The minimum absolute atomic E-state index is 0.0348. The van der Waals surface area contributed by atoms with E-state index >= 15 is 0 Å². The molecule has 4 heterocycles. The summed E-state index contributed by atoms with van der Waals surface area (Å²) < 4.78 is 68.1. The van der Waals surface area contributed by atoms with Crippen LogP contribution >= 0.6 is 0 Å². The Balaban J connectivity index is 1.25. The smallest absolute Gasteiger partial charge is 0.343 e. The number of carbonyl (C=O) groups excluding carboxylic acids is 1. The average molecular weight is 607 g/mol. The Morgan fingerprint density at radius 2 is 1.71 bits per heavy atom. The van der Waals surface area contributed by atoms with Crippen LogP contribution in [0.3, 0.4) is 0 Å². The van der Waals surface area contributed by atoms with Crippen LogP contribution in [0, 0.1) is 0 Å². The van der Waals surface area contributed by atoms with E-state index < -0.39 is 27.8 Å². The summed E-state index contributed by atoms with van der Waals surface area (Å²) in [5.74, 6) is -0.0944. The van der Waals surface area contributed by atoms with Crippen LogP contribution in [0.1, 0.15) is 75.3 Å². The van der Waals surface area contributed by atoms with Crippen molar-refractivity contribution in [3.63, 3.8) is 0 Å². The summed E-state index contributed by atoms with van der Waals surface area (Å²) in [6.45, 7) is 4.79. The number of aromatic nitrogens is 1. The van der Waals surface area contributed by atoms with E-state index in [2.05, 4.69) is 16.0 Å². The predicted octanol–water partition coefficient (Wildman–Crippen LogP) is 5.47. The van der Waals surface area contributed by atoms with Crippen LogP contribution in [0.2, 0.25) is 0 Å². The second-order valence-corrected chi connectivity index (χ2v) is 13.9. The first kappa shape index (κ1) is 30.9. The molecule has 1 unspecified atom stereocenters. The fourth-order valence-electron chi connectivity index (χ4n) is 6.98. The van der Waals surface area contributed by atoms with E-state index in [0.29, 0.717) is 32.0 Å². The van der Waals surface area contributed by atoms with Gasteiger partial charge in [0.15, 0.2) is 0 Å². The highest BCUT2D eigenvalue weighted by molar-refractivity contribution is 7.89. The molecule has 11 heteroatoms. The first-order chi connectivity index (χ1) is 20.1. The Bertz CT molecular complexity index is 1310. The molecule has 230 valence electrons. The number of halogens is 3. The number of nitrogens with zero attached hydrogens (tertiary/aromatic N) is 4. The standard InChI is InChI=1S/C31H41F3N4O3S/c32-31(33,34)25-8-5-11-28(22-25)42(40,41)38-19-2-1-10-27(38)23-29(39)37-20-13-30(14-21-37,26-9-6-15-35-24-26)12-7-18-36-16-3-4-17-36/h5-6,8-9,11,15,22,24,27H,1-4,7,10,12-14,16-21,23H2. The minimum atomic E-state index is -4.64. The summed E-state index contributed by atoms with van der Waals surface area (Å²) in [7, 11) is -4.19. The molecule has 0 radical (unpaired) electrons. The maximum Gasteiger partial charge on any atom is 0.416 e. The molecule has 0 aliphatic carbocycles. The Hall–Kier alpha value is -2.50. The highest BCUT2D eigenvalue weighted by Crippen LogP contribution is 2.40. The van der Waals surface area contributed by atoms with Crippen LogP contribution in [-0.2, 0) is 26.4 Å². The van der Waals surface area contributed by atoms with Crippen molar-refractivity contribution < 1.29 is 26.4 Å². The third-order valence-electron chi connectivity index (χ3n) is 9.43. The zero-order valence-corrected chi connectivity index (χ0v) is 24.9. The number of pyridine rings is 1. The number of benzene rings is 1. The molecule has 42 heavy (non-hydrogen) atoms. The molecule has 1 aromatic heterocycles. The monoisotopic (exact) mass is 606 g/mol. The van der Waals surface area contributed by atoms with Gasteiger partial charge in [0.2, 0.25) is 15.9 Å². The van der Waals surface area contributed by atoms with Gasteiger partial charge in [-0.25, -0.2) is 8.42 Å². The van der Waals surface area contributed by atoms with Crippen molar-refractivity contribution in [2.45, 2.75) is 86.7 Å². The Kier molecular flexibility index (Phi) is 9.59. The minimum Gasteiger partial charge on any atom is -0.343 e. The molecular formula is C31H41F3N4O3S. The van der Waals surface area contributed by atoms with Gasteiger partial charge in [-0.05, 0) is 101 Å². The molecule has 1 amide bonds. The van der Waals surface area contributed by atoms with Crippen molar-refractivity contribution >= 4 is 15.9 Å². The number of amides is 1. The summed E-state index contributed by atoms with van der Waals surface area (Å²) in [6, 6.07) is 7.41. The lowest BCUT2D eigenvalue weighted by Gasteiger charge is -2.43. The number of likely N-dealkylation sites (tertiary alicyclic amines) is 2. The summed E-state index contributed by atoms with van der Waals surface area (Å²) in [5.41, 5.74) is 0.164. The number of hydrogen-bond donors (Lipinski definition) is 0. The van der Waals surface area contributed by atoms with E-state index in [9.17, 15) is 26.4 Å². The van der Waals surface area contributed by atoms with Gasteiger partial charge in [-0.15, -0.1) is 0 Å². The predicted molar refractivity (Wildman–Crippen MR) is 154 cm³/mol. The topological polar surface area (TPSA) is 73.8 Å². The average Bonchev–Trinajstić information content (AvgIpc) is 3.51. The van der Waals surface area contributed by atoms with Crippen molar-refractivity contribution in [2.24, 2.45) is 0 Å². The molecule has 3 saturated heterocycles. The van der Waals surface area contributed by atoms with Crippen LogP contribution in [0.5, 0.6) is 0 Å². The van der Waals surface area contributed by atoms with E-state index in [1.807, 2.05) is 17.2 Å². The third-order valence-corrected chi connectivity index (χ3v) is 11.4. The number of hydrogen-bond acceptors (Lipinski definition) is 5. The van der Waals surface area contributed by atoms with E-state index in [1.54, 1.807) is 6.20 Å². The first-order valence-electron chi connectivity index (χ1n) is 15.2. The van der Waals surface area contributed by atoms with E-state index in [0.717, 1.165) is 50.8 Å². The molecule has 7 nitrogen and oxygen atoms in total. The van der Waals surface area contributed by atoms with Crippen molar-refractivity contribution in [1.29, 1.82) is 0 Å². The van der Waals surface area contributed by atoms with Crippen molar-refractivity contribution in [2.75, 3.05) is 39.3 Å². The highest BCUT2D eigenvalue weighted by Gasteiger charge is 2.40. The second-order valence-electron chi connectivity index (χ2n) is 12.1. The van der Waals surface area contributed by atoms with Crippen LogP contribution in [0.4, 0.5) is 13.2 Å². The maximum atomic E-state index is 13.5. The lowest BCUT2D eigenvalue weighted by Crippen LogP contribution is -2.49. The first-order valence-corrected chi connectivity index (χ1v) is 16.6. The molecule has 1 atom stereocenters. The molecular weight excluding hydrogens is 565 g/mol. The van der Waals surface area contributed by atoms with E-state index in [4.69, 9.17) is 0 Å². The number of rotatable bonds is 9. The molecule has 3 fully saturated rings. The molecule has 3 aliphatic rings. The fourth-order valence-corrected chi connectivity index (χ4v) is 8.72. The Morgan fingerprint density at radius 1 is 0.976 bits per heavy atom. The summed E-state index contributed by atoms with van der Waals surface area (Å²) >= 11 is 0. The Labute approximate surface area is 247 Å². The molecule has 2 aromatic rings. The van der Waals surface area contributed by atoms with Gasteiger partial charge >= 0.3 is 6.18 Å². The summed E-state index contributed by atoms with van der Waals surface area (Å²) in [5, 5.41) is 0. The molecule has 0 N–H and O–H groups in total. The number of piperidine rings is 2. The van der Waals surface area contributed by atoms with Crippen LogP contribution in [-0.4, -0.2) is 78.7 Å². The summed E-state index contributed by atoms with van der Waals surface area (Å²) in [6.07, 6.45) is 7.31. The van der Waals surface area contributed by atoms with Crippen LogP contribution < -0.4 is 0 Å². The van der Waals surface area contributed by atoms with Gasteiger partial charge in [0.1, 0.15) is 0 Å². The largest absolute Gasteiger partial charge is 0.416 e. The fraction of sp³-hybridized carbons (Fsp3) is 0.613. The maximum absolute atomic E-state index is 13.5. The Morgan fingerprint density at radius 3 is 2.40 bits per heavy atom. The van der Waals surface area contributed by atoms with Gasteiger partial charge in [-0.3, -0.25) is 9.78 Å². The molecule has 3 aliphatic heterocycles. The van der Waals surface area contributed by atoms with Gasteiger partial charge in [-0.2, -0.15) is 17.5 Å². The highest BCUT2D eigenvalue weighted by atomic mass is 32.2.